The van der Waals surface area contributed by atoms with E-state index >= 15 is 0 Å². The lowest BCUT2D eigenvalue weighted by Gasteiger charge is -2.41. The highest BCUT2D eigenvalue weighted by atomic mass is 35.5. The van der Waals surface area contributed by atoms with Gasteiger partial charge in [-0.05, 0) is 56.4 Å². The van der Waals surface area contributed by atoms with Crippen molar-refractivity contribution in [2.24, 2.45) is 5.92 Å². The quantitative estimate of drug-likeness (QED) is 0.420. The number of urea groups is 2. The van der Waals surface area contributed by atoms with E-state index in [0.717, 1.165) is 16.0 Å². The molecule has 0 bridgehead atoms. The summed E-state index contributed by atoms with van der Waals surface area (Å²) in [5, 5.41) is 6.45. The summed E-state index contributed by atoms with van der Waals surface area (Å²) in [6.45, 7) is 4.72. The van der Waals surface area contributed by atoms with E-state index in [1.54, 1.807) is 25.1 Å². The molecule has 0 radical (unpaired) electrons. The van der Waals surface area contributed by atoms with Crippen LogP contribution in [0, 0.1) is 12.8 Å². The zero-order valence-corrected chi connectivity index (χ0v) is 21.2. The maximum Gasteiger partial charge on any atom is 0.331 e. The fourth-order valence-corrected chi connectivity index (χ4v) is 4.01. The van der Waals surface area contributed by atoms with E-state index in [9.17, 15) is 14.4 Å². The molecule has 9 nitrogen and oxygen atoms in total. The average Bonchev–Trinajstić information content (AvgIpc) is 3.67. The van der Waals surface area contributed by atoms with E-state index in [1.807, 2.05) is 31.2 Å². The van der Waals surface area contributed by atoms with E-state index in [4.69, 9.17) is 21.1 Å². The molecule has 1 saturated carbocycles. The molecule has 4 amide bonds. The number of benzene rings is 2. The number of rotatable bonds is 11. The highest BCUT2D eigenvalue weighted by Gasteiger charge is 2.38. The lowest BCUT2D eigenvalue weighted by molar-refractivity contribution is -0.143. The van der Waals surface area contributed by atoms with Gasteiger partial charge in [-0.25, -0.2) is 14.5 Å². The van der Waals surface area contributed by atoms with Gasteiger partial charge in [0.15, 0.2) is 6.29 Å². The van der Waals surface area contributed by atoms with E-state index < -0.39 is 24.3 Å². The van der Waals surface area contributed by atoms with Gasteiger partial charge in [-0.3, -0.25) is 15.0 Å². The lowest BCUT2D eigenvalue weighted by Crippen LogP contribution is -2.67. The Morgan fingerprint density at radius 2 is 1.92 bits per heavy atom. The number of hydrogen-bond acceptors (Lipinski definition) is 6. The number of amides is 4. The summed E-state index contributed by atoms with van der Waals surface area (Å²) in [6, 6.07) is 11.9. The molecule has 192 valence electrons. The second-order valence-electron chi connectivity index (χ2n) is 9.00. The van der Waals surface area contributed by atoms with Crippen LogP contribution in [0.15, 0.2) is 42.5 Å². The van der Waals surface area contributed by atoms with Crippen LogP contribution in [-0.4, -0.2) is 53.9 Å². The summed E-state index contributed by atoms with van der Waals surface area (Å²) < 4.78 is 10.7. The molecule has 2 aromatic rings. The standard InChI is InChI=1S/C26H31ClN4O5/c1-3-35-23(32)12-13-30-25(33)29-24(31(26(30)34)15-18-6-4-17(2)5-7-18)28-20-10-11-22(21(27)14-20)36-16-19-8-9-19/h4-7,10-11,14,19,24,28H,3,8-9,12-13,15-16H2,1-2H3,(H,29,33). The Balaban J connectivity index is 1.50. The molecule has 10 heteroatoms. The Kier molecular flexibility index (Phi) is 8.20. The predicted molar refractivity (Wildman–Crippen MR) is 136 cm³/mol. The van der Waals surface area contributed by atoms with Gasteiger partial charge in [0.05, 0.1) is 31.2 Å². The predicted octanol–water partition coefficient (Wildman–Crippen LogP) is 4.73. The van der Waals surface area contributed by atoms with Gasteiger partial charge < -0.3 is 14.8 Å². The minimum absolute atomic E-state index is 0.0820. The van der Waals surface area contributed by atoms with E-state index in [0.29, 0.717) is 29.0 Å². The van der Waals surface area contributed by atoms with Crippen LogP contribution in [0.4, 0.5) is 15.3 Å². The van der Waals surface area contributed by atoms with Crippen LogP contribution in [0.1, 0.15) is 37.3 Å². The maximum absolute atomic E-state index is 13.4. The van der Waals surface area contributed by atoms with Crippen molar-refractivity contribution >= 4 is 35.3 Å². The maximum atomic E-state index is 13.4. The molecule has 2 fully saturated rings. The SMILES string of the molecule is CCOC(=O)CCN1C(=O)NC(Nc2ccc(OCC3CC3)c(Cl)c2)N(Cc2ccc(C)cc2)C1=O. The third-order valence-corrected chi connectivity index (χ3v) is 6.31. The summed E-state index contributed by atoms with van der Waals surface area (Å²) in [7, 11) is 0. The van der Waals surface area contributed by atoms with Crippen molar-refractivity contribution in [2.45, 2.75) is 45.9 Å². The van der Waals surface area contributed by atoms with Crippen LogP contribution in [-0.2, 0) is 16.1 Å². The number of esters is 1. The highest BCUT2D eigenvalue weighted by Crippen LogP contribution is 2.33. The number of imide groups is 1. The van der Waals surface area contributed by atoms with Gasteiger partial charge in [-0.15, -0.1) is 0 Å². The molecule has 2 N–H and O–H groups in total. The van der Waals surface area contributed by atoms with Crippen molar-refractivity contribution < 1.29 is 23.9 Å². The summed E-state index contributed by atoms with van der Waals surface area (Å²) in [5.74, 6) is 0.728. The third-order valence-electron chi connectivity index (χ3n) is 6.02. The summed E-state index contributed by atoms with van der Waals surface area (Å²) in [4.78, 5) is 40.6. The van der Waals surface area contributed by atoms with Crippen LogP contribution in [0.5, 0.6) is 5.75 Å². The second-order valence-corrected chi connectivity index (χ2v) is 9.41. The molecule has 2 aliphatic rings. The minimum Gasteiger partial charge on any atom is -0.492 e. The fourth-order valence-electron chi connectivity index (χ4n) is 3.78. The monoisotopic (exact) mass is 514 g/mol. The van der Waals surface area contributed by atoms with Gasteiger partial charge in [-0.1, -0.05) is 41.4 Å². The highest BCUT2D eigenvalue weighted by molar-refractivity contribution is 6.32. The number of aryl methyl sites for hydroxylation is 1. The zero-order chi connectivity index (χ0) is 25.7. The van der Waals surface area contributed by atoms with Crippen LogP contribution >= 0.6 is 11.6 Å². The van der Waals surface area contributed by atoms with Crippen molar-refractivity contribution in [3.63, 3.8) is 0 Å². The first-order valence-electron chi connectivity index (χ1n) is 12.1. The van der Waals surface area contributed by atoms with Crippen LogP contribution in [0.25, 0.3) is 0 Å². The number of nitrogens with zero attached hydrogens (tertiary/aromatic N) is 2. The van der Waals surface area contributed by atoms with Gasteiger partial charge >= 0.3 is 18.0 Å². The summed E-state index contributed by atoms with van der Waals surface area (Å²) in [6.07, 6.45) is 1.45. The molecule has 1 aliphatic heterocycles. The lowest BCUT2D eigenvalue weighted by atomic mass is 10.1. The Bertz CT molecular complexity index is 1110. The molecule has 1 atom stereocenters. The first-order chi connectivity index (χ1) is 17.3. The largest absolute Gasteiger partial charge is 0.492 e. The number of ether oxygens (including phenoxy) is 2. The number of carbonyl (C=O) groups excluding carboxylic acids is 3. The fraction of sp³-hybridized carbons (Fsp3) is 0.423. The number of anilines is 1. The van der Waals surface area contributed by atoms with Crippen LogP contribution in [0.2, 0.25) is 5.02 Å². The van der Waals surface area contributed by atoms with Crippen molar-refractivity contribution in [3.8, 4) is 5.75 Å². The van der Waals surface area contributed by atoms with Crippen molar-refractivity contribution in [1.29, 1.82) is 0 Å². The molecule has 1 aliphatic carbocycles. The molecule has 4 rings (SSSR count). The van der Waals surface area contributed by atoms with Gasteiger partial charge in [0, 0.05) is 12.2 Å². The van der Waals surface area contributed by atoms with Crippen LogP contribution in [0.3, 0.4) is 0 Å². The first kappa shape index (κ1) is 25.6. The molecule has 1 heterocycles. The van der Waals surface area contributed by atoms with Gasteiger partial charge in [0.25, 0.3) is 0 Å². The van der Waals surface area contributed by atoms with E-state index in [2.05, 4.69) is 10.6 Å². The summed E-state index contributed by atoms with van der Waals surface area (Å²) in [5.41, 5.74) is 2.61. The summed E-state index contributed by atoms with van der Waals surface area (Å²) >= 11 is 6.42. The Hall–Kier alpha value is -3.46. The molecule has 36 heavy (non-hydrogen) atoms. The Morgan fingerprint density at radius 1 is 1.17 bits per heavy atom. The molecule has 1 unspecified atom stereocenters. The average molecular weight is 515 g/mol. The van der Waals surface area contributed by atoms with Gasteiger partial charge in [0.2, 0.25) is 0 Å². The van der Waals surface area contributed by atoms with Gasteiger partial charge in [-0.2, -0.15) is 0 Å². The second kappa shape index (κ2) is 11.5. The number of nitrogens with one attached hydrogen (secondary N) is 2. The van der Waals surface area contributed by atoms with Crippen molar-refractivity contribution in [2.75, 3.05) is 25.1 Å². The molecule has 2 aromatic carbocycles. The number of hydrogen-bond donors (Lipinski definition) is 2. The number of halogens is 1. The molecule has 1 saturated heterocycles. The third kappa shape index (κ3) is 6.60. The van der Waals surface area contributed by atoms with E-state index in [-0.39, 0.29) is 26.1 Å². The van der Waals surface area contributed by atoms with Crippen molar-refractivity contribution in [1.82, 2.24) is 15.1 Å². The normalized spacial score (nSPS) is 17.6. The molecule has 0 aromatic heterocycles. The molecular weight excluding hydrogens is 484 g/mol. The van der Waals surface area contributed by atoms with Crippen LogP contribution < -0.4 is 15.4 Å². The smallest absolute Gasteiger partial charge is 0.331 e. The van der Waals surface area contributed by atoms with E-state index in [1.165, 1.54) is 17.7 Å². The minimum atomic E-state index is -0.834. The number of carbonyl (C=O) groups is 3. The van der Waals surface area contributed by atoms with Crippen molar-refractivity contribution in [3.05, 3.63) is 58.6 Å². The molecule has 0 spiro atoms. The zero-order valence-electron chi connectivity index (χ0n) is 20.5. The first-order valence-corrected chi connectivity index (χ1v) is 12.5. The van der Waals surface area contributed by atoms with Gasteiger partial charge in [0.1, 0.15) is 5.75 Å². The Morgan fingerprint density at radius 3 is 2.58 bits per heavy atom. The Labute approximate surface area is 215 Å². The topological polar surface area (TPSA) is 100 Å². The molecular formula is C26H31ClN4O5.